The van der Waals surface area contributed by atoms with Crippen LogP contribution in [0.25, 0.3) is 0 Å². The molecule has 0 radical (unpaired) electrons. The Bertz CT molecular complexity index is 981. The summed E-state index contributed by atoms with van der Waals surface area (Å²) >= 11 is 0. The molecule has 0 aliphatic carbocycles. The van der Waals surface area contributed by atoms with Crippen LogP contribution in [0.4, 0.5) is 8.78 Å². The summed E-state index contributed by atoms with van der Waals surface area (Å²) in [5.41, 5.74) is 6.78. The van der Waals surface area contributed by atoms with Crippen molar-refractivity contribution in [1.29, 1.82) is 0 Å². The predicted octanol–water partition coefficient (Wildman–Crippen LogP) is 2.06. The largest absolute Gasteiger partial charge is 0.365 e. The molecule has 0 saturated carbocycles. The molecule has 158 valence electrons. The van der Waals surface area contributed by atoms with Gasteiger partial charge in [-0.1, -0.05) is 19.1 Å². The third kappa shape index (κ3) is 4.18. The van der Waals surface area contributed by atoms with Crippen LogP contribution < -0.4 is 11.1 Å². The zero-order valence-corrected chi connectivity index (χ0v) is 16.9. The molecule has 29 heavy (non-hydrogen) atoms. The minimum absolute atomic E-state index is 0.192. The number of hydrogen-bond acceptors (Lipinski definition) is 5. The van der Waals surface area contributed by atoms with Gasteiger partial charge in [-0.2, -0.15) is 13.9 Å². The molecule has 3 rings (SSSR count). The number of aromatic nitrogens is 2. The second kappa shape index (κ2) is 8.19. The van der Waals surface area contributed by atoms with E-state index < -0.39 is 26.4 Å². The fourth-order valence-electron chi connectivity index (χ4n) is 3.72. The number of nitrogens with zero attached hydrogens (tertiary/aromatic N) is 2. The minimum Gasteiger partial charge on any atom is -0.365 e. The van der Waals surface area contributed by atoms with Crippen molar-refractivity contribution >= 4 is 15.7 Å². The standard InChI is InChI=1S/C19H24F2N4O3S/c1-2-19(7-9-23-10-8-19)25-12-15(17(22)26)16(24-25)11-13-3-5-14(6-4-13)29(27,28)18(20)21/h3-6,12,18,23H,2,7-11H2,1H3,(H2,22,26). The Morgan fingerprint density at radius 1 is 1.28 bits per heavy atom. The Labute approximate surface area is 168 Å². The predicted molar refractivity (Wildman–Crippen MR) is 104 cm³/mol. The maximum Gasteiger partial charge on any atom is 0.341 e. The number of piperidine rings is 1. The Balaban J connectivity index is 1.91. The SMILES string of the molecule is CCC1(n2cc(C(N)=O)c(Cc3ccc(S(=O)(=O)C(F)F)cc3)n2)CCNCC1. The van der Waals surface area contributed by atoms with Crippen LogP contribution in [0.2, 0.25) is 0 Å². The molecule has 0 spiro atoms. The van der Waals surface area contributed by atoms with E-state index in [1.807, 2.05) is 4.68 Å². The van der Waals surface area contributed by atoms with E-state index in [9.17, 15) is 22.0 Å². The number of nitrogens with two attached hydrogens (primary N) is 1. The fourth-order valence-corrected chi connectivity index (χ4v) is 4.44. The summed E-state index contributed by atoms with van der Waals surface area (Å²) in [5.74, 6) is -4.07. The monoisotopic (exact) mass is 426 g/mol. The van der Waals surface area contributed by atoms with Gasteiger partial charge in [0.1, 0.15) is 0 Å². The first-order valence-electron chi connectivity index (χ1n) is 9.40. The Kier molecular flexibility index (Phi) is 6.04. The maximum atomic E-state index is 12.7. The van der Waals surface area contributed by atoms with Crippen LogP contribution in [0, 0.1) is 0 Å². The molecule has 1 saturated heterocycles. The summed E-state index contributed by atoms with van der Waals surface area (Å²) in [6.45, 7) is 3.79. The van der Waals surface area contributed by atoms with Crippen LogP contribution in [0.1, 0.15) is 47.8 Å². The van der Waals surface area contributed by atoms with Crippen LogP contribution in [-0.4, -0.2) is 43.0 Å². The lowest BCUT2D eigenvalue weighted by atomic mass is 9.86. The number of halogens is 2. The first-order valence-corrected chi connectivity index (χ1v) is 10.9. The lowest BCUT2D eigenvalue weighted by molar-refractivity contribution is 0.0999. The van der Waals surface area contributed by atoms with Crippen molar-refractivity contribution in [3.8, 4) is 0 Å². The average molecular weight is 426 g/mol. The number of rotatable bonds is 7. The Morgan fingerprint density at radius 3 is 2.41 bits per heavy atom. The molecule has 2 aromatic rings. The summed E-state index contributed by atoms with van der Waals surface area (Å²) in [4.78, 5) is 11.5. The van der Waals surface area contributed by atoms with Crippen molar-refractivity contribution in [2.75, 3.05) is 13.1 Å². The molecular weight excluding hydrogens is 402 g/mol. The van der Waals surface area contributed by atoms with Gasteiger partial charge in [-0.25, -0.2) is 8.42 Å². The van der Waals surface area contributed by atoms with Gasteiger partial charge in [-0.3, -0.25) is 9.48 Å². The number of amides is 1. The lowest BCUT2D eigenvalue weighted by Crippen LogP contribution is -2.44. The molecule has 10 heteroatoms. The third-order valence-electron chi connectivity index (χ3n) is 5.59. The quantitative estimate of drug-likeness (QED) is 0.705. The van der Waals surface area contributed by atoms with Crippen molar-refractivity contribution in [3.63, 3.8) is 0 Å². The molecule has 7 nitrogen and oxygen atoms in total. The molecular formula is C19H24F2N4O3S. The highest BCUT2D eigenvalue weighted by molar-refractivity contribution is 7.91. The van der Waals surface area contributed by atoms with Crippen molar-refractivity contribution in [2.24, 2.45) is 5.73 Å². The number of nitrogens with one attached hydrogen (secondary N) is 1. The number of benzene rings is 1. The van der Waals surface area contributed by atoms with Crippen molar-refractivity contribution in [3.05, 3.63) is 47.3 Å². The van der Waals surface area contributed by atoms with Crippen LogP contribution in [0.5, 0.6) is 0 Å². The van der Waals surface area contributed by atoms with Gasteiger partial charge in [0.25, 0.3) is 5.91 Å². The Morgan fingerprint density at radius 2 is 1.90 bits per heavy atom. The molecule has 0 bridgehead atoms. The summed E-state index contributed by atoms with van der Waals surface area (Å²) < 4.78 is 50.3. The van der Waals surface area contributed by atoms with Gasteiger partial charge >= 0.3 is 5.76 Å². The number of sulfone groups is 1. The highest BCUT2D eigenvalue weighted by Gasteiger charge is 2.34. The number of primary amides is 1. The fraction of sp³-hybridized carbons (Fsp3) is 0.474. The van der Waals surface area contributed by atoms with Gasteiger partial charge < -0.3 is 11.1 Å². The molecule has 1 amide bonds. The highest BCUT2D eigenvalue weighted by atomic mass is 32.2. The second-order valence-electron chi connectivity index (χ2n) is 7.25. The highest BCUT2D eigenvalue weighted by Crippen LogP contribution is 2.31. The van der Waals surface area contributed by atoms with E-state index in [1.165, 1.54) is 12.1 Å². The Hall–Kier alpha value is -2.33. The summed E-state index contributed by atoms with van der Waals surface area (Å²) in [5, 5.41) is 7.96. The van der Waals surface area contributed by atoms with Gasteiger partial charge in [0.2, 0.25) is 9.84 Å². The van der Waals surface area contributed by atoms with Gasteiger partial charge in [-0.05, 0) is 50.0 Å². The molecule has 1 aliphatic heterocycles. The molecule has 3 N–H and O–H groups in total. The van der Waals surface area contributed by atoms with E-state index in [1.54, 1.807) is 6.20 Å². The average Bonchev–Trinajstić information content (AvgIpc) is 3.13. The number of carbonyl (C=O) groups excluding carboxylic acids is 1. The van der Waals surface area contributed by atoms with E-state index >= 15 is 0 Å². The second-order valence-corrected chi connectivity index (χ2v) is 9.17. The maximum absolute atomic E-state index is 12.7. The van der Waals surface area contributed by atoms with E-state index in [4.69, 9.17) is 5.73 Å². The summed E-state index contributed by atoms with van der Waals surface area (Å²) in [6, 6.07) is 5.16. The van der Waals surface area contributed by atoms with E-state index in [0.717, 1.165) is 44.5 Å². The topological polar surface area (TPSA) is 107 Å². The third-order valence-corrected chi connectivity index (χ3v) is 6.99. The minimum atomic E-state index is -4.64. The number of alkyl halides is 2. The zero-order chi connectivity index (χ0) is 21.2. The molecule has 1 fully saturated rings. The van der Waals surface area contributed by atoms with E-state index in [2.05, 4.69) is 17.3 Å². The first kappa shape index (κ1) is 21.4. The zero-order valence-electron chi connectivity index (χ0n) is 16.1. The molecule has 2 heterocycles. The lowest BCUT2D eigenvalue weighted by Gasteiger charge is -2.37. The van der Waals surface area contributed by atoms with Crippen LogP contribution in [-0.2, 0) is 21.8 Å². The molecule has 0 atom stereocenters. The van der Waals surface area contributed by atoms with Crippen molar-refractivity contribution < 1.29 is 22.0 Å². The summed E-state index contributed by atoms with van der Waals surface area (Å²) in [7, 11) is -4.64. The van der Waals surface area contributed by atoms with Crippen molar-refractivity contribution in [1.82, 2.24) is 15.1 Å². The van der Waals surface area contributed by atoms with E-state index in [0.29, 0.717) is 16.8 Å². The summed E-state index contributed by atoms with van der Waals surface area (Å²) in [6.07, 6.45) is 4.53. The van der Waals surface area contributed by atoms with E-state index in [-0.39, 0.29) is 12.0 Å². The van der Waals surface area contributed by atoms with Crippen molar-refractivity contribution in [2.45, 2.75) is 48.8 Å². The molecule has 1 aromatic carbocycles. The molecule has 1 aromatic heterocycles. The normalized spacial score (nSPS) is 16.8. The number of carbonyl (C=O) groups is 1. The van der Waals surface area contributed by atoms with Gasteiger partial charge in [0, 0.05) is 12.6 Å². The smallest absolute Gasteiger partial charge is 0.341 e. The van der Waals surface area contributed by atoms with Gasteiger partial charge in [0.15, 0.2) is 0 Å². The molecule has 1 aliphatic rings. The van der Waals surface area contributed by atoms with Gasteiger partial charge in [-0.15, -0.1) is 0 Å². The van der Waals surface area contributed by atoms with Crippen LogP contribution in [0.15, 0.2) is 35.4 Å². The van der Waals surface area contributed by atoms with Crippen LogP contribution in [0.3, 0.4) is 0 Å². The number of hydrogen-bond donors (Lipinski definition) is 2. The van der Waals surface area contributed by atoms with Crippen LogP contribution >= 0.6 is 0 Å². The molecule has 0 unspecified atom stereocenters. The van der Waals surface area contributed by atoms with Gasteiger partial charge in [0.05, 0.1) is 21.7 Å². The first-order chi connectivity index (χ1) is 13.7.